The molecule has 0 aliphatic heterocycles. The Labute approximate surface area is 207 Å². The molecule has 4 rings (SSSR count). The van der Waals surface area contributed by atoms with Crippen molar-refractivity contribution in [2.75, 3.05) is 19.3 Å². The third-order valence-electron chi connectivity index (χ3n) is 6.69. The first-order chi connectivity index (χ1) is 16.2. The van der Waals surface area contributed by atoms with E-state index in [2.05, 4.69) is 65.1 Å². The minimum absolute atomic E-state index is 0.0785. The van der Waals surface area contributed by atoms with Crippen molar-refractivity contribution in [3.63, 3.8) is 0 Å². The molecule has 2 amide bonds. The van der Waals surface area contributed by atoms with Gasteiger partial charge < -0.3 is 10.2 Å². The van der Waals surface area contributed by atoms with E-state index in [1.165, 1.54) is 41.5 Å². The van der Waals surface area contributed by atoms with Crippen LogP contribution in [-0.4, -0.2) is 56.9 Å². The highest BCUT2D eigenvalue weighted by atomic mass is 32.2. The van der Waals surface area contributed by atoms with Crippen molar-refractivity contribution >= 4 is 23.6 Å². The van der Waals surface area contributed by atoms with Crippen LogP contribution in [0.25, 0.3) is 11.4 Å². The number of nitrogens with one attached hydrogen (secondary N) is 1. The lowest BCUT2D eigenvalue weighted by atomic mass is 9.86. The summed E-state index contributed by atoms with van der Waals surface area (Å²) >= 11 is 1.42. The molecule has 0 saturated heterocycles. The highest BCUT2D eigenvalue weighted by molar-refractivity contribution is 7.99. The van der Waals surface area contributed by atoms with Crippen LogP contribution in [0, 0.1) is 0 Å². The van der Waals surface area contributed by atoms with Crippen LogP contribution < -0.4 is 5.32 Å². The van der Waals surface area contributed by atoms with Crippen molar-refractivity contribution in [3.05, 3.63) is 29.8 Å². The number of hydrogen-bond acceptors (Lipinski definition) is 5. The minimum Gasteiger partial charge on any atom is -0.352 e. The van der Waals surface area contributed by atoms with E-state index >= 15 is 0 Å². The maximum Gasteiger partial charge on any atom is 0.239 e. The molecule has 1 aromatic heterocycles. The Morgan fingerprint density at radius 1 is 1.06 bits per heavy atom. The quantitative estimate of drug-likeness (QED) is 0.556. The van der Waals surface area contributed by atoms with Crippen molar-refractivity contribution in [1.29, 1.82) is 0 Å². The minimum atomic E-state index is -0.0882. The normalized spacial score (nSPS) is 16.9. The van der Waals surface area contributed by atoms with Crippen LogP contribution in [-0.2, 0) is 15.0 Å². The van der Waals surface area contributed by atoms with E-state index < -0.39 is 0 Å². The molecule has 2 aromatic rings. The van der Waals surface area contributed by atoms with Gasteiger partial charge in [0.05, 0.1) is 12.3 Å². The summed E-state index contributed by atoms with van der Waals surface area (Å²) in [6, 6.07) is 9.27. The number of rotatable bonds is 8. The lowest BCUT2D eigenvalue weighted by Gasteiger charge is -2.26. The van der Waals surface area contributed by atoms with Crippen molar-refractivity contribution in [2.45, 2.75) is 88.4 Å². The molecular formula is C26H37N5O2S. The summed E-state index contributed by atoms with van der Waals surface area (Å²) in [7, 11) is 1.68. The van der Waals surface area contributed by atoms with Crippen LogP contribution in [0.5, 0.6) is 0 Å². The van der Waals surface area contributed by atoms with Gasteiger partial charge in [-0.05, 0) is 36.7 Å². The topological polar surface area (TPSA) is 80.1 Å². The first kappa shape index (κ1) is 24.8. The van der Waals surface area contributed by atoms with Crippen LogP contribution in [0.2, 0.25) is 0 Å². The number of benzene rings is 1. The van der Waals surface area contributed by atoms with Gasteiger partial charge in [-0.25, -0.2) is 0 Å². The van der Waals surface area contributed by atoms with Gasteiger partial charge in [0.25, 0.3) is 0 Å². The van der Waals surface area contributed by atoms with Gasteiger partial charge in [0.15, 0.2) is 11.0 Å². The lowest BCUT2D eigenvalue weighted by molar-refractivity contribution is -0.132. The highest BCUT2D eigenvalue weighted by Gasteiger charge is 2.26. The molecule has 8 heteroatoms. The molecule has 0 unspecified atom stereocenters. The molecular weight excluding hydrogens is 446 g/mol. The predicted molar refractivity (Wildman–Crippen MR) is 136 cm³/mol. The summed E-state index contributed by atoms with van der Waals surface area (Å²) in [5.41, 5.74) is 2.44. The Morgan fingerprint density at radius 2 is 1.74 bits per heavy atom. The summed E-state index contributed by atoms with van der Waals surface area (Å²) in [5.74, 6) is 0.945. The SMILES string of the molecule is CN(CC(=O)NC1CC1)C(=O)CSc1nnc(-c2ccc(C(C)(C)C)cc2)n1C1CCCCC1. The Kier molecular flexibility index (Phi) is 7.65. The van der Waals surface area contributed by atoms with Crippen molar-refractivity contribution in [2.24, 2.45) is 0 Å². The van der Waals surface area contributed by atoms with E-state index in [-0.39, 0.29) is 29.5 Å². The van der Waals surface area contributed by atoms with Crippen LogP contribution in [0.3, 0.4) is 0 Å². The average Bonchev–Trinajstić information content (AvgIpc) is 3.52. The molecule has 184 valence electrons. The number of amides is 2. The van der Waals surface area contributed by atoms with Crippen molar-refractivity contribution < 1.29 is 9.59 Å². The van der Waals surface area contributed by atoms with Gasteiger partial charge in [0.2, 0.25) is 11.8 Å². The van der Waals surface area contributed by atoms with Gasteiger partial charge in [-0.3, -0.25) is 14.2 Å². The third-order valence-corrected chi connectivity index (χ3v) is 7.62. The number of thioether (sulfide) groups is 1. The summed E-state index contributed by atoms with van der Waals surface area (Å²) in [6.45, 7) is 6.73. The monoisotopic (exact) mass is 483 g/mol. The Balaban J connectivity index is 1.48. The van der Waals surface area contributed by atoms with E-state index in [0.717, 1.165) is 42.2 Å². The summed E-state index contributed by atoms with van der Waals surface area (Å²) in [5, 5.41) is 12.8. The maximum atomic E-state index is 12.7. The number of carbonyl (C=O) groups excluding carboxylic acids is 2. The molecule has 7 nitrogen and oxygen atoms in total. The molecule has 1 N–H and O–H groups in total. The second-order valence-electron chi connectivity index (χ2n) is 10.7. The zero-order valence-corrected chi connectivity index (χ0v) is 21.7. The fourth-order valence-corrected chi connectivity index (χ4v) is 5.35. The smallest absolute Gasteiger partial charge is 0.239 e. The zero-order chi connectivity index (χ0) is 24.3. The first-order valence-corrected chi connectivity index (χ1v) is 13.4. The van der Waals surface area contributed by atoms with Gasteiger partial charge in [-0.15, -0.1) is 10.2 Å². The Morgan fingerprint density at radius 3 is 2.35 bits per heavy atom. The van der Waals surface area contributed by atoms with E-state index in [4.69, 9.17) is 0 Å². The summed E-state index contributed by atoms with van der Waals surface area (Å²) in [4.78, 5) is 26.3. The number of nitrogens with zero attached hydrogens (tertiary/aromatic N) is 4. The largest absolute Gasteiger partial charge is 0.352 e. The molecule has 0 atom stereocenters. The summed E-state index contributed by atoms with van der Waals surface area (Å²) < 4.78 is 2.25. The summed E-state index contributed by atoms with van der Waals surface area (Å²) in [6.07, 6.45) is 7.96. The molecule has 0 bridgehead atoms. The van der Waals surface area contributed by atoms with Crippen molar-refractivity contribution in [1.82, 2.24) is 25.0 Å². The first-order valence-electron chi connectivity index (χ1n) is 12.4. The number of carbonyl (C=O) groups is 2. The fraction of sp³-hybridized carbons (Fsp3) is 0.615. The molecule has 2 saturated carbocycles. The van der Waals surface area contributed by atoms with E-state index in [1.807, 2.05) is 0 Å². The lowest BCUT2D eigenvalue weighted by Crippen LogP contribution is -2.39. The van der Waals surface area contributed by atoms with E-state index in [9.17, 15) is 9.59 Å². The second kappa shape index (κ2) is 10.5. The number of aromatic nitrogens is 3. The molecule has 2 aliphatic rings. The third kappa shape index (κ3) is 6.20. The number of hydrogen-bond donors (Lipinski definition) is 1. The molecule has 0 radical (unpaired) electrons. The molecule has 2 fully saturated rings. The van der Waals surface area contributed by atoms with E-state index in [0.29, 0.717) is 12.1 Å². The average molecular weight is 484 g/mol. The Bertz CT molecular complexity index is 1000. The van der Waals surface area contributed by atoms with E-state index in [1.54, 1.807) is 7.05 Å². The van der Waals surface area contributed by atoms with Crippen LogP contribution in [0.15, 0.2) is 29.4 Å². The molecule has 1 heterocycles. The van der Waals surface area contributed by atoms with Gasteiger partial charge in [0.1, 0.15) is 0 Å². The van der Waals surface area contributed by atoms with Crippen molar-refractivity contribution in [3.8, 4) is 11.4 Å². The van der Waals surface area contributed by atoms with Crippen LogP contribution in [0.1, 0.15) is 77.3 Å². The molecule has 1 aromatic carbocycles. The van der Waals surface area contributed by atoms with Crippen LogP contribution >= 0.6 is 11.8 Å². The predicted octanol–water partition coefficient (Wildman–Crippen LogP) is 4.58. The highest BCUT2D eigenvalue weighted by Crippen LogP contribution is 2.36. The standard InChI is InChI=1S/C26H37N5O2S/c1-26(2,3)19-12-10-18(11-13-19)24-28-29-25(31(24)21-8-6-5-7-9-21)34-17-23(33)30(4)16-22(32)27-20-14-15-20/h10-13,20-21H,5-9,14-17H2,1-4H3,(H,27,32). The van der Waals surface area contributed by atoms with Crippen LogP contribution in [0.4, 0.5) is 0 Å². The number of likely N-dealkylation sites (N-methyl/N-ethyl adjacent to an activating group) is 1. The second-order valence-corrected chi connectivity index (χ2v) is 11.6. The van der Waals surface area contributed by atoms with Gasteiger partial charge >= 0.3 is 0 Å². The molecule has 34 heavy (non-hydrogen) atoms. The van der Waals surface area contributed by atoms with Gasteiger partial charge in [-0.1, -0.05) is 76.1 Å². The zero-order valence-electron chi connectivity index (χ0n) is 20.8. The fourth-order valence-electron chi connectivity index (χ4n) is 4.40. The Hall–Kier alpha value is -2.35. The maximum absolute atomic E-state index is 12.7. The molecule has 2 aliphatic carbocycles. The van der Waals surface area contributed by atoms with Gasteiger partial charge in [-0.2, -0.15) is 0 Å². The molecule has 0 spiro atoms. The van der Waals surface area contributed by atoms with Gasteiger partial charge in [0, 0.05) is 24.7 Å².